The number of hydrogen-bond acceptors (Lipinski definition) is 4. The molecule has 3 aromatic rings. The monoisotopic (exact) mass is 312 g/mol. The number of nitrogens with one attached hydrogen (secondary N) is 1. The van der Waals surface area contributed by atoms with Crippen LogP contribution in [0.1, 0.15) is 29.2 Å². The molecule has 0 radical (unpaired) electrons. The fraction of sp³-hybridized carbons (Fsp3) is 0.188. The summed E-state index contributed by atoms with van der Waals surface area (Å²) in [5.41, 5.74) is 1.24. The van der Waals surface area contributed by atoms with Crippen LogP contribution in [0.15, 0.2) is 36.7 Å². The quantitative estimate of drug-likeness (QED) is 0.772. The van der Waals surface area contributed by atoms with E-state index in [0.29, 0.717) is 22.9 Å². The highest BCUT2D eigenvalue weighted by molar-refractivity contribution is 5.97. The van der Waals surface area contributed by atoms with E-state index in [1.165, 1.54) is 30.6 Å². The average molecular weight is 312 g/mol. The third kappa shape index (κ3) is 2.40. The summed E-state index contributed by atoms with van der Waals surface area (Å²) in [7, 11) is 0. The van der Waals surface area contributed by atoms with E-state index in [2.05, 4.69) is 15.4 Å². The van der Waals surface area contributed by atoms with Crippen molar-refractivity contribution in [3.8, 4) is 0 Å². The van der Waals surface area contributed by atoms with Gasteiger partial charge in [-0.1, -0.05) is 0 Å². The van der Waals surface area contributed by atoms with Crippen molar-refractivity contribution in [1.29, 1.82) is 0 Å². The third-order valence-electron chi connectivity index (χ3n) is 3.87. The molecule has 1 aromatic carbocycles. The Hall–Kier alpha value is -2.96. The molecule has 0 bridgehead atoms. The summed E-state index contributed by atoms with van der Waals surface area (Å²) >= 11 is 0. The molecule has 6 nitrogen and oxygen atoms in total. The van der Waals surface area contributed by atoms with E-state index in [0.717, 1.165) is 18.4 Å². The number of carboxylic acids is 1. The smallest absolute Gasteiger partial charge is 0.337 e. The summed E-state index contributed by atoms with van der Waals surface area (Å²) in [6.07, 6.45) is 4.92. The molecule has 1 saturated carbocycles. The highest BCUT2D eigenvalue weighted by Crippen LogP contribution is 2.39. The summed E-state index contributed by atoms with van der Waals surface area (Å²) in [5, 5.41) is 17.4. The van der Waals surface area contributed by atoms with Crippen LogP contribution in [0.4, 0.5) is 15.9 Å². The van der Waals surface area contributed by atoms with Crippen LogP contribution in [-0.2, 0) is 0 Å². The number of aromatic nitrogens is 3. The lowest BCUT2D eigenvalue weighted by Crippen LogP contribution is -2.04. The molecule has 1 aliphatic carbocycles. The lowest BCUT2D eigenvalue weighted by molar-refractivity contribution is 0.0698. The molecule has 116 valence electrons. The van der Waals surface area contributed by atoms with Crippen LogP contribution < -0.4 is 5.32 Å². The number of aromatic carboxylic acids is 1. The van der Waals surface area contributed by atoms with E-state index < -0.39 is 5.97 Å². The Labute approximate surface area is 130 Å². The molecule has 0 aliphatic heterocycles. The Kier molecular flexibility index (Phi) is 3.00. The lowest BCUT2D eigenvalue weighted by atomic mass is 10.2. The van der Waals surface area contributed by atoms with Crippen LogP contribution in [-0.4, -0.2) is 25.8 Å². The zero-order chi connectivity index (χ0) is 16.0. The number of carbonyl (C=O) groups is 1. The second kappa shape index (κ2) is 5.05. The molecule has 7 heteroatoms. The minimum atomic E-state index is -1.06. The summed E-state index contributed by atoms with van der Waals surface area (Å²) < 4.78 is 15.5. The predicted molar refractivity (Wildman–Crippen MR) is 82.4 cm³/mol. The Bertz CT molecular complexity index is 918. The van der Waals surface area contributed by atoms with Gasteiger partial charge in [0, 0.05) is 11.6 Å². The maximum atomic E-state index is 13.6. The molecule has 4 rings (SSSR count). The molecule has 0 saturated heterocycles. The van der Waals surface area contributed by atoms with Crippen LogP contribution in [0.25, 0.3) is 10.9 Å². The van der Waals surface area contributed by atoms with Crippen LogP contribution in [0, 0.1) is 5.82 Å². The maximum absolute atomic E-state index is 13.6. The molecule has 2 N–H and O–H groups in total. The number of anilines is 2. The topological polar surface area (TPSA) is 80.0 Å². The van der Waals surface area contributed by atoms with Gasteiger partial charge in [-0.15, -0.1) is 0 Å². The van der Waals surface area contributed by atoms with Crippen molar-refractivity contribution in [3.63, 3.8) is 0 Å². The summed E-state index contributed by atoms with van der Waals surface area (Å²) in [6, 6.07) is 6.24. The Morgan fingerprint density at radius 1 is 1.35 bits per heavy atom. The van der Waals surface area contributed by atoms with E-state index >= 15 is 0 Å². The minimum Gasteiger partial charge on any atom is -0.478 e. The third-order valence-corrected chi connectivity index (χ3v) is 3.87. The van der Waals surface area contributed by atoms with Gasteiger partial charge < -0.3 is 10.4 Å². The van der Waals surface area contributed by atoms with Gasteiger partial charge in [-0.05, 0) is 37.1 Å². The van der Waals surface area contributed by atoms with Crippen molar-refractivity contribution in [2.75, 3.05) is 5.32 Å². The normalized spacial score (nSPS) is 14.1. The van der Waals surface area contributed by atoms with Crippen LogP contribution in [0.2, 0.25) is 0 Å². The Balaban J connectivity index is 1.83. The van der Waals surface area contributed by atoms with Gasteiger partial charge in [0.05, 0.1) is 29.0 Å². The highest BCUT2D eigenvalue weighted by atomic mass is 19.1. The lowest BCUT2D eigenvalue weighted by Gasteiger charge is -2.06. The van der Waals surface area contributed by atoms with Crippen LogP contribution in [0.3, 0.4) is 0 Å². The molecular formula is C16H13FN4O2. The molecule has 0 unspecified atom stereocenters. The minimum absolute atomic E-state index is 0.0884. The van der Waals surface area contributed by atoms with Crippen LogP contribution >= 0.6 is 0 Å². The summed E-state index contributed by atoms with van der Waals surface area (Å²) in [6.45, 7) is 0. The van der Waals surface area contributed by atoms with Gasteiger partial charge >= 0.3 is 5.97 Å². The average Bonchev–Trinajstić information content (AvgIpc) is 3.32. The van der Waals surface area contributed by atoms with Crippen molar-refractivity contribution in [2.24, 2.45) is 0 Å². The number of hydrogen-bond donors (Lipinski definition) is 2. The maximum Gasteiger partial charge on any atom is 0.337 e. The largest absolute Gasteiger partial charge is 0.478 e. The number of carboxylic acid groups (broad SMARTS) is 1. The van der Waals surface area contributed by atoms with Gasteiger partial charge in [0.1, 0.15) is 5.82 Å². The van der Waals surface area contributed by atoms with Gasteiger partial charge in [-0.2, -0.15) is 5.10 Å². The molecule has 23 heavy (non-hydrogen) atoms. The molecule has 2 heterocycles. The second-order valence-electron chi connectivity index (χ2n) is 5.54. The number of nitrogens with zero attached hydrogens (tertiary/aromatic N) is 3. The Morgan fingerprint density at radius 2 is 2.17 bits per heavy atom. The fourth-order valence-corrected chi connectivity index (χ4v) is 2.61. The van der Waals surface area contributed by atoms with E-state index in [9.17, 15) is 14.3 Å². The van der Waals surface area contributed by atoms with Crippen molar-refractivity contribution in [3.05, 3.63) is 48.0 Å². The standard InChI is InChI=1S/C16H13FN4O2/c17-9-1-4-14-12(7-9)15(20-21(14)10-2-3-10)19-13-8-18-6-5-11(13)16(22)23/h1,4-8,10H,2-3H2,(H,19,20)(H,22,23). The zero-order valence-corrected chi connectivity index (χ0v) is 12.0. The van der Waals surface area contributed by atoms with Crippen molar-refractivity contribution < 1.29 is 14.3 Å². The fourth-order valence-electron chi connectivity index (χ4n) is 2.61. The molecule has 2 aromatic heterocycles. The first-order chi connectivity index (χ1) is 11.1. The summed E-state index contributed by atoms with van der Waals surface area (Å²) in [4.78, 5) is 15.2. The molecule has 0 amide bonds. The van der Waals surface area contributed by atoms with E-state index in [-0.39, 0.29) is 11.4 Å². The van der Waals surface area contributed by atoms with Gasteiger partial charge in [-0.25, -0.2) is 9.18 Å². The number of fused-ring (bicyclic) bond motifs is 1. The molecule has 0 atom stereocenters. The molecule has 1 aliphatic rings. The summed E-state index contributed by atoms with van der Waals surface area (Å²) in [5.74, 6) is -0.991. The number of halogens is 1. The van der Waals surface area contributed by atoms with E-state index in [4.69, 9.17) is 0 Å². The SMILES string of the molecule is O=C(O)c1ccncc1Nc1nn(C2CC2)c2ccc(F)cc12. The number of benzene rings is 1. The number of pyridine rings is 1. The highest BCUT2D eigenvalue weighted by Gasteiger charge is 2.27. The Morgan fingerprint density at radius 3 is 2.91 bits per heavy atom. The van der Waals surface area contributed by atoms with E-state index in [1.54, 1.807) is 6.07 Å². The van der Waals surface area contributed by atoms with Gasteiger partial charge in [-0.3, -0.25) is 9.67 Å². The van der Waals surface area contributed by atoms with Crippen LogP contribution in [0.5, 0.6) is 0 Å². The van der Waals surface area contributed by atoms with Gasteiger partial charge in [0.2, 0.25) is 0 Å². The molecule has 1 fully saturated rings. The van der Waals surface area contributed by atoms with Crippen molar-refractivity contribution in [2.45, 2.75) is 18.9 Å². The first-order valence-corrected chi connectivity index (χ1v) is 7.25. The first-order valence-electron chi connectivity index (χ1n) is 7.25. The van der Waals surface area contributed by atoms with Crippen molar-refractivity contribution >= 4 is 28.4 Å². The number of rotatable bonds is 4. The first kappa shape index (κ1) is 13.7. The molecule has 0 spiro atoms. The van der Waals surface area contributed by atoms with Gasteiger partial charge in [0.15, 0.2) is 5.82 Å². The van der Waals surface area contributed by atoms with Crippen molar-refractivity contribution in [1.82, 2.24) is 14.8 Å². The second-order valence-corrected chi connectivity index (χ2v) is 5.54. The van der Waals surface area contributed by atoms with Gasteiger partial charge in [0.25, 0.3) is 0 Å². The zero-order valence-electron chi connectivity index (χ0n) is 12.0. The predicted octanol–water partition coefficient (Wildman–Crippen LogP) is 3.35. The molecular weight excluding hydrogens is 299 g/mol. The van der Waals surface area contributed by atoms with E-state index in [1.807, 2.05) is 4.68 Å².